The maximum atomic E-state index is 11.2. The maximum absolute atomic E-state index is 11.2. The maximum Gasteiger partial charge on any atom is 0.315 e. The molecule has 0 aliphatic rings. The number of carbonyl (C=O) groups excluding carboxylic acids is 2. The molecule has 0 radical (unpaired) electrons. The number of nitrogens with two attached hydrogens (primary N) is 1. The fourth-order valence-corrected chi connectivity index (χ4v) is 1.43. The van der Waals surface area contributed by atoms with Gasteiger partial charge in [0.05, 0.1) is 0 Å². The Morgan fingerprint density at radius 2 is 2.11 bits per heavy atom. The van der Waals surface area contributed by atoms with Gasteiger partial charge in [-0.1, -0.05) is 18.2 Å². The first-order chi connectivity index (χ1) is 8.63. The van der Waals surface area contributed by atoms with Crippen molar-refractivity contribution in [1.29, 1.82) is 0 Å². The molecule has 1 aromatic rings. The Bertz CT molecular complexity index is 444. The molecular weight excluding hydrogens is 230 g/mol. The number of urea groups is 1. The molecule has 0 bridgehead atoms. The van der Waals surface area contributed by atoms with Crippen LogP contribution in [0.5, 0.6) is 0 Å². The second kappa shape index (κ2) is 7.11. The Kier molecular flexibility index (Phi) is 5.44. The Labute approximate surface area is 106 Å². The van der Waals surface area contributed by atoms with Crippen LogP contribution in [0.25, 0.3) is 0 Å². The lowest BCUT2D eigenvalue weighted by Gasteiger charge is -2.06. The molecule has 0 saturated heterocycles. The van der Waals surface area contributed by atoms with E-state index in [0.717, 1.165) is 5.56 Å². The van der Waals surface area contributed by atoms with E-state index in [1.54, 1.807) is 24.3 Å². The van der Waals surface area contributed by atoms with Gasteiger partial charge in [-0.15, -0.1) is 6.58 Å². The minimum Gasteiger partial charge on any atom is -0.366 e. The van der Waals surface area contributed by atoms with Gasteiger partial charge in [-0.05, 0) is 24.1 Å². The Hall–Kier alpha value is -2.30. The minimum atomic E-state index is -0.450. The molecule has 0 atom stereocenters. The molecule has 18 heavy (non-hydrogen) atoms. The van der Waals surface area contributed by atoms with Crippen LogP contribution in [0.2, 0.25) is 0 Å². The zero-order valence-electron chi connectivity index (χ0n) is 10.1. The smallest absolute Gasteiger partial charge is 0.315 e. The van der Waals surface area contributed by atoms with Gasteiger partial charge in [0.1, 0.15) is 0 Å². The fraction of sp³-hybridized carbons (Fsp3) is 0.231. The first kappa shape index (κ1) is 13.8. The van der Waals surface area contributed by atoms with Crippen molar-refractivity contribution < 1.29 is 9.59 Å². The first-order valence-corrected chi connectivity index (χ1v) is 5.65. The van der Waals surface area contributed by atoms with Crippen LogP contribution < -0.4 is 16.4 Å². The molecule has 0 aromatic heterocycles. The molecule has 1 rings (SSSR count). The third kappa shape index (κ3) is 4.69. The molecule has 4 N–H and O–H groups in total. The van der Waals surface area contributed by atoms with Gasteiger partial charge in [0.2, 0.25) is 5.91 Å². The van der Waals surface area contributed by atoms with E-state index < -0.39 is 5.91 Å². The summed E-state index contributed by atoms with van der Waals surface area (Å²) in [4.78, 5) is 22.2. The predicted molar refractivity (Wildman–Crippen MR) is 70.3 cm³/mol. The molecule has 96 valence electrons. The lowest BCUT2D eigenvalue weighted by Crippen LogP contribution is -2.36. The van der Waals surface area contributed by atoms with Gasteiger partial charge in [-0.2, -0.15) is 0 Å². The zero-order chi connectivity index (χ0) is 13.4. The third-order valence-electron chi connectivity index (χ3n) is 2.32. The van der Waals surface area contributed by atoms with Gasteiger partial charge in [0, 0.05) is 18.7 Å². The summed E-state index contributed by atoms with van der Waals surface area (Å²) in [7, 11) is 0. The topological polar surface area (TPSA) is 84.2 Å². The molecule has 0 fully saturated rings. The number of hydrogen-bond acceptors (Lipinski definition) is 2. The number of carbonyl (C=O) groups is 2. The fourth-order valence-electron chi connectivity index (χ4n) is 1.43. The van der Waals surface area contributed by atoms with Crippen molar-refractivity contribution >= 4 is 11.9 Å². The summed E-state index contributed by atoms with van der Waals surface area (Å²) in [5.74, 6) is -0.450. The Morgan fingerprint density at radius 3 is 2.78 bits per heavy atom. The van der Waals surface area contributed by atoms with E-state index in [1.807, 2.05) is 6.07 Å². The quantitative estimate of drug-likeness (QED) is 0.650. The predicted octanol–water partition coefficient (Wildman–Crippen LogP) is 0.813. The molecule has 5 heteroatoms. The highest BCUT2D eigenvalue weighted by Crippen LogP contribution is 2.04. The molecule has 0 spiro atoms. The standard InChI is InChI=1S/C13H17N3O2/c1-2-7-15-13(18)16-8-6-10-4-3-5-11(9-10)12(14)17/h2-5,9H,1,6-8H2,(H2,14,17)(H2,15,16,18). The lowest BCUT2D eigenvalue weighted by atomic mass is 10.1. The van der Waals surface area contributed by atoms with Crippen LogP contribution in [0.3, 0.4) is 0 Å². The van der Waals surface area contributed by atoms with Crippen LogP contribution in [0.4, 0.5) is 4.79 Å². The van der Waals surface area contributed by atoms with E-state index >= 15 is 0 Å². The summed E-state index contributed by atoms with van der Waals surface area (Å²) < 4.78 is 0. The van der Waals surface area contributed by atoms with Crippen molar-refractivity contribution in [2.24, 2.45) is 5.73 Å². The van der Waals surface area contributed by atoms with Gasteiger partial charge in [-0.3, -0.25) is 4.79 Å². The summed E-state index contributed by atoms with van der Waals surface area (Å²) in [6.07, 6.45) is 2.25. The average Bonchev–Trinajstić information content (AvgIpc) is 2.36. The normalized spacial score (nSPS) is 9.56. The highest BCUT2D eigenvalue weighted by molar-refractivity contribution is 5.92. The molecule has 0 aliphatic heterocycles. The van der Waals surface area contributed by atoms with Crippen molar-refractivity contribution in [3.05, 3.63) is 48.0 Å². The van der Waals surface area contributed by atoms with E-state index in [9.17, 15) is 9.59 Å². The highest BCUT2D eigenvalue weighted by Gasteiger charge is 2.02. The number of amides is 3. The van der Waals surface area contributed by atoms with Crippen molar-refractivity contribution in [1.82, 2.24) is 10.6 Å². The number of hydrogen-bond donors (Lipinski definition) is 3. The lowest BCUT2D eigenvalue weighted by molar-refractivity contribution is 0.1000. The monoisotopic (exact) mass is 247 g/mol. The summed E-state index contributed by atoms with van der Waals surface area (Å²) >= 11 is 0. The van der Waals surface area contributed by atoms with Crippen LogP contribution in [-0.2, 0) is 6.42 Å². The largest absolute Gasteiger partial charge is 0.366 e. The SMILES string of the molecule is C=CCNC(=O)NCCc1cccc(C(N)=O)c1. The van der Waals surface area contributed by atoms with E-state index in [1.165, 1.54) is 0 Å². The van der Waals surface area contributed by atoms with Gasteiger partial charge in [-0.25, -0.2) is 4.79 Å². The van der Waals surface area contributed by atoms with E-state index in [0.29, 0.717) is 25.1 Å². The summed E-state index contributed by atoms with van der Waals surface area (Å²) in [5.41, 5.74) is 6.62. The minimum absolute atomic E-state index is 0.235. The molecule has 3 amide bonds. The number of benzene rings is 1. The van der Waals surface area contributed by atoms with Crippen LogP contribution in [0.1, 0.15) is 15.9 Å². The zero-order valence-corrected chi connectivity index (χ0v) is 10.1. The average molecular weight is 247 g/mol. The van der Waals surface area contributed by atoms with E-state index in [-0.39, 0.29) is 6.03 Å². The molecule has 5 nitrogen and oxygen atoms in total. The van der Waals surface area contributed by atoms with Crippen molar-refractivity contribution in [3.8, 4) is 0 Å². The molecule has 0 aliphatic carbocycles. The van der Waals surface area contributed by atoms with Gasteiger partial charge >= 0.3 is 6.03 Å². The number of primary amides is 1. The number of rotatable bonds is 6. The van der Waals surface area contributed by atoms with E-state index in [2.05, 4.69) is 17.2 Å². The molecule has 0 saturated carbocycles. The van der Waals surface area contributed by atoms with Crippen LogP contribution in [-0.4, -0.2) is 25.0 Å². The third-order valence-corrected chi connectivity index (χ3v) is 2.32. The first-order valence-electron chi connectivity index (χ1n) is 5.65. The van der Waals surface area contributed by atoms with E-state index in [4.69, 9.17) is 5.73 Å². The molecule has 0 heterocycles. The molecule has 0 unspecified atom stereocenters. The van der Waals surface area contributed by atoms with Crippen molar-refractivity contribution in [2.75, 3.05) is 13.1 Å². The van der Waals surface area contributed by atoms with Gasteiger partial charge in [0.25, 0.3) is 0 Å². The summed E-state index contributed by atoms with van der Waals surface area (Å²) in [6, 6.07) is 6.81. The van der Waals surface area contributed by atoms with Gasteiger partial charge in [0.15, 0.2) is 0 Å². The molecule has 1 aromatic carbocycles. The number of nitrogens with one attached hydrogen (secondary N) is 2. The van der Waals surface area contributed by atoms with Crippen LogP contribution in [0.15, 0.2) is 36.9 Å². The second-order valence-corrected chi connectivity index (χ2v) is 3.74. The van der Waals surface area contributed by atoms with Gasteiger partial charge < -0.3 is 16.4 Å². The second-order valence-electron chi connectivity index (χ2n) is 3.74. The van der Waals surface area contributed by atoms with Crippen LogP contribution >= 0.6 is 0 Å². The highest BCUT2D eigenvalue weighted by atomic mass is 16.2. The summed E-state index contributed by atoms with van der Waals surface area (Å²) in [6.45, 7) is 4.43. The Morgan fingerprint density at radius 1 is 1.33 bits per heavy atom. The summed E-state index contributed by atoms with van der Waals surface area (Å²) in [5, 5.41) is 5.31. The Balaban J connectivity index is 2.39. The van der Waals surface area contributed by atoms with Crippen molar-refractivity contribution in [3.63, 3.8) is 0 Å². The van der Waals surface area contributed by atoms with Crippen LogP contribution in [0, 0.1) is 0 Å². The van der Waals surface area contributed by atoms with Crippen molar-refractivity contribution in [2.45, 2.75) is 6.42 Å². The molecular formula is C13H17N3O2.